The van der Waals surface area contributed by atoms with Gasteiger partial charge in [-0.2, -0.15) is 4.98 Å². The topological polar surface area (TPSA) is 70.9 Å². The molecule has 0 aliphatic rings. The van der Waals surface area contributed by atoms with Crippen LogP contribution in [0.4, 0.5) is 11.9 Å². The molecule has 0 radical (unpaired) electrons. The van der Waals surface area contributed by atoms with Crippen molar-refractivity contribution in [3.05, 3.63) is 34.8 Å². The van der Waals surface area contributed by atoms with E-state index in [0.29, 0.717) is 11.9 Å². The van der Waals surface area contributed by atoms with Crippen molar-refractivity contribution in [1.82, 2.24) is 24.6 Å². The van der Waals surface area contributed by atoms with Gasteiger partial charge < -0.3 is 4.98 Å². The third-order valence-electron chi connectivity index (χ3n) is 3.27. The lowest BCUT2D eigenvalue weighted by atomic mass is 10.3. The van der Waals surface area contributed by atoms with Gasteiger partial charge >= 0.3 is 0 Å². The lowest BCUT2D eigenvalue weighted by Gasteiger charge is -1.94. The van der Waals surface area contributed by atoms with Gasteiger partial charge in [-0.1, -0.05) is 23.5 Å². The largest absolute Gasteiger partial charge is 0.324 e. The standard InChI is InChI=1S/C13H12N6S/c1-7-8(2)20-13-17-12(18-19(7)13)16-11-14-9-5-3-4-6-10(9)15-11/h3-6H,1-2H3,(H2,14,15,16,18). The van der Waals surface area contributed by atoms with Crippen LogP contribution in [0.15, 0.2) is 24.3 Å². The van der Waals surface area contributed by atoms with Crippen molar-refractivity contribution in [2.24, 2.45) is 0 Å². The van der Waals surface area contributed by atoms with Crippen LogP contribution in [0.2, 0.25) is 0 Å². The van der Waals surface area contributed by atoms with Gasteiger partial charge in [0.15, 0.2) is 0 Å². The maximum Gasteiger partial charge on any atom is 0.250 e. The molecule has 0 aliphatic heterocycles. The second-order valence-electron chi connectivity index (χ2n) is 4.60. The number of nitrogens with one attached hydrogen (secondary N) is 2. The monoisotopic (exact) mass is 284 g/mol. The first-order valence-electron chi connectivity index (χ1n) is 6.25. The molecule has 2 N–H and O–H groups in total. The summed E-state index contributed by atoms with van der Waals surface area (Å²) in [5, 5.41) is 7.56. The molecule has 1 aromatic carbocycles. The quantitative estimate of drug-likeness (QED) is 0.593. The molecular formula is C13H12N6S. The molecular weight excluding hydrogens is 272 g/mol. The first kappa shape index (κ1) is 11.4. The van der Waals surface area contributed by atoms with Gasteiger partial charge in [0, 0.05) is 4.88 Å². The number of aromatic nitrogens is 5. The van der Waals surface area contributed by atoms with E-state index in [1.807, 2.05) is 35.7 Å². The Bertz CT molecular complexity index is 883. The summed E-state index contributed by atoms with van der Waals surface area (Å²) < 4.78 is 1.85. The number of hydrogen-bond acceptors (Lipinski definition) is 5. The number of aryl methyl sites for hydroxylation is 2. The Morgan fingerprint density at radius 1 is 1.20 bits per heavy atom. The molecule has 100 valence electrons. The highest BCUT2D eigenvalue weighted by atomic mass is 32.1. The molecule has 0 atom stereocenters. The highest BCUT2D eigenvalue weighted by Crippen LogP contribution is 2.22. The third-order valence-corrected chi connectivity index (χ3v) is 4.32. The maximum absolute atomic E-state index is 4.46. The van der Waals surface area contributed by atoms with E-state index in [1.165, 1.54) is 4.88 Å². The fourth-order valence-electron chi connectivity index (χ4n) is 2.11. The molecule has 7 heteroatoms. The lowest BCUT2D eigenvalue weighted by molar-refractivity contribution is 0.927. The van der Waals surface area contributed by atoms with Crippen molar-refractivity contribution in [2.45, 2.75) is 13.8 Å². The number of para-hydroxylation sites is 2. The summed E-state index contributed by atoms with van der Waals surface area (Å²) in [6.45, 7) is 4.11. The van der Waals surface area contributed by atoms with E-state index in [2.05, 4.69) is 32.3 Å². The second-order valence-corrected chi connectivity index (χ2v) is 5.78. The van der Waals surface area contributed by atoms with Crippen molar-refractivity contribution < 1.29 is 0 Å². The second kappa shape index (κ2) is 4.04. The van der Waals surface area contributed by atoms with Gasteiger partial charge in [-0.15, -0.1) is 5.10 Å². The summed E-state index contributed by atoms with van der Waals surface area (Å²) in [7, 11) is 0. The van der Waals surface area contributed by atoms with Gasteiger partial charge in [-0.25, -0.2) is 9.50 Å². The predicted octanol–water partition coefficient (Wildman–Crippen LogP) is 3.03. The minimum Gasteiger partial charge on any atom is -0.324 e. The van der Waals surface area contributed by atoms with Gasteiger partial charge in [0.2, 0.25) is 10.9 Å². The van der Waals surface area contributed by atoms with Crippen LogP contribution in [-0.2, 0) is 0 Å². The van der Waals surface area contributed by atoms with Crippen LogP contribution in [0.5, 0.6) is 0 Å². The molecule has 6 nitrogen and oxygen atoms in total. The number of hydrogen-bond donors (Lipinski definition) is 2. The smallest absolute Gasteiger partial charge is 0.250 e. The fourth-order valence-corrected chi connectivity index (χ4v) is 3.02. The highest BCUT2D eigenvalue weighted by molar-refractivity contribution is 7.17. The number of rotatable bonds is 2. The molecule has 0 bridgehead atoms. The van der Waals surface area contributed by atoms with Crippen LogP contribution in [0.25, 0.3) is 16.0 Å². The van der Waals surface area contributed by atoms with E-state index in [1.54, 1.807) is 11.3 Å². The summed E-state index contributed by atoms with van der Waals surface area (Å²) in [6, 6.07) is 7.88. The zero-order chi connectivity index (χ0) is 13.7. The van der Waals surface area contributed by atoms with Crippen molar-refractivity contribution in [3.63, 3.8) is 0 Å². The number of imidazole rings is 1. The number of aromatic amines is 1. The number of thiazole rings is 1. The number of H-pyrrole nitrogens is 1. The van der Waals surface area contributed by atoms with Crippen LogP contribution < -0.4 is 5.32 Å². The van der Waals surface area contributed by atoms with Crippen molar-refractivity contribution in [3.8, 4) is 0 Å². The first-order chi connectivity index (χ1) is 9.70. The Morgan fingerprint density at radius 3 is 2.85 bits per heavy atom. The Labute approximate surface area is 118 Å². The van der Waals surface area contributed by atoms with Crippen LogP contribution in [0.3, 0.4) is 0 Å². The minimum absolute atomic E-state index is 0.554. The number of benzene rings is 1. The highest BCUT2D eigenvalue weighted by Gasteiger charge is 2.11. The molecule has 0 unspecified atom stereocenters. The zero-order valence-electron chi connectivity index (χ0n) is 11.0. The first-order valence-corrected chi connectivity index (χ1v) is 7.07. The molecule has 3 heterocycles. The summed E-state index contributed by atoms with van der Waals surface area (Å²) >= 11 is 1.63. The normalized spacial score (nSPS) is 11.5. The fraction of sp³-hybridized carbons (Fsp3) is 0.154. The van der Waals surface area contributed by atoms with Crippen LogP contribution in [-0.4, -0.2) is 24.6 Å². The maximum atomic E-state index is 4.46. The molecule has 20 heavy (non-hydrogen) atoms. The number of anilines is 2. The van der Waals surface area contributed by atoms with E-state index >= 15 is 0 Å². The van der Waals surface area contributed by atoms with Gasteiger partial charge in [0.25, 0.3) is 5.95 Å². The van der Waals surface area contributed by atoms with E-state index in [0.717, 1.165) is 21.7 Å². The van der Waals surface area contributed by atoms with Crippen LogP contribution in [0.1, 0.15) is 10.6 Å². The summed E-state index contributed by atoms with van der Waals surface area (Å²) in [6.07, 6.45) is 0. The molecule has 3 aromatic heterocycles. The minimum atomic E-state index is 0.554. The Balaban J connectivity index is 1.72. The third kappa shape index (κ3) is 1.67. The summed E-state index contributed by atoms with van der Waals surface area (Å²) in [5.41, 5.74) is 3.03. The molecule has 4 rings (SSSR count). The van der Waals surface area contributed by atoms with E-state index in [4.69, 9.17) is 0 Å². The van der Waals surface area contributed by atoms with Crippen LogP contribution in [0, 0.1) is 13.8 Å². The molecule has 0 saturated carbocycles. The molecule has 0 spiro atoms. The lowest BCUT2D eigenvalue weighted by Crippen LogP contribution is -1.96. The summed E-state index contributed by atoms with van der Waals surface area (Å²) in [5.74, 6) is 1.21. The zero-order valence-corrected chi connectivity index (χ0v) is 11.8. The van der Waals surface area contributed by atoms with Gasteiger partial charge in [-0.05, 0) is 26.0 Å². The Morgan fingerprint density at radius 2 is 2.05 bits per heavy atom. The van der Waals surface area contributed by atoms with E-state index in [-0.39, 0.29) is 0 Å². The molecule has 0 fully saturated rings. The van der Waals surface area contributed by atoms with E-state index < -0.39 is 0 Å². The van der Waals surface area contributed by atoms with Gasteiger partial charge in [-0.3, -0.25) is 5.32 Å². The van der Waals surface area contributed by atoms with Crippen molar-refractivity contribution in [1.29, 1.82) is 0 Å². The Hall–Kier alpha value is -2.41. The molecule has 4 aromatic rings. The molecule has 0 saturated heterocycles. The average Bonchev–Trinajstić information content (AvgIpc) is 3.07. The average molecular weight is 284 g/mol. The van der Waals surface area contributed by atoms with Crippen LogP contribution >= 0.6 is 11.3 Å². The number of fused-ring (bicyclic) bond motifs is 2. The van der Waals surface area contributed by atoms with Gasteiger partial charge in [0.1, 0.15) is 0 Å². The van der Waals surface area contributed by atoms with Crippen molar-refractivity contribution in [2.75, 3.05) is 5.32 Å². The Kier molecular flexibility index (Phi) is 2.31. The van der Waals surface area contributed by atoms with Gasteiger partial charge in [0.05, 0.1) is 16.7 Å². The summed E-state index contributed by atoms with van der Waals surface area (Å²) in [4.78, 5) is 14.2. The molecule has 0 aliphatic carbocycles. The number of nitrogens with zero attached hydrogens (tertiary/aromatic N) is 4. The predicted molar refractivity (Wildman–Crippen MR) is 79.7 cm³/mol. The van der Waals surface area contributed by atoms with E-state index in [9.17, 15) is 0 Å². The SMILES string of the molecule is Cc1sc2nc(Nc3nc4ccccc4[nH]3)nn2c1C. The molecule has 0 amide bonds. The van der Waals surface area contributed by atoms with Crippen molar-refractivity contribution >= 4 is 39.2 Å².